The van der Waals surface area contributed by atoms with Crippen LogP contribution in [-0.2, 0) is 14.4 Å². The number of amides is 5. The van der Waals surface area contributed by atoms with E-state index in [-0.39, 0.29) is 24.6 Å². The Morgan fingerprint density at radius 2 is 1.87 bits per heavy atom. The molecule has 1 saturated heterocycles. The number of pyridine rings is 1. The van der Waals surface area contributed by atoms with E-state index in [9.17, 15) is 24.0 Å². The average Bonchev–Trinajstić information content (AvgIpc) is 3.60. The zero-order chi connectivity index (χ0) is 37.0. The molecule has 0 bridgehead atoms. The molecule has 5 unspecified atom stereocenters. The van der Waals surface area contributed by atoms with Gasteiger partial charge in [0, 0.05) is 41.0 Å². The molecule has 5 amide bonds. The fraction of sp³-hybridized carbons (Fsp3) is 0.436. The van der Waals surface area contributed by atoms with Crippen LogP contribution in [0.3, 0.4) is 0 Å². The number of urea groups is 1. The number of aldehydes is 1. The maximum atomic E-state index is 14.4. The molecule has 0 spiro atoms. The zero-order valence-corrected chi connectivity index (χ0v) is 29.7. The van der Waals surface area contributed by atoms with Crippen molar-refractivity contribution in [3.8, 4) is 22.8 Å². The summed E-state index contributed by atoms with van der Waals surface area (Å²) in [6.07, 6.45) is 7.51. The van der Waals surface area contributed by atoms with Crippen molar-refractivity contribution in [1.29, 1.82) is 0 Å². The number of benzene rings is 2. The van der Waals surface area contributed by atoms with Crippen molar-refractivity contribution >= 4 is 41.1 Å². The van der Waals surface area contributed by atoms with Gasteiger partial charge < -0.3 is 40.9 Å². The summed E-state index contributed by atoms with van der Waals surface area (Å²) in [5.74, 6) is -0.299. The van der Waals surface area contributed by atoms with Gasteiger partial charge in [-0.3, -0.25) is 9.59 Å². The van der Waals surface area contributed by atoms with E-state index in [1.807, 2.05) is 57.2 Å². The molecular weight excluding hydrogens is 664 g/mol. The average molecular weight is 711 g/mol. The van der Waals surface area contributed by atoms with Crippen LogP contribution < -0.4 is 31.2 Å². The molecule has 1 aliphatic carbocycles. The summed E-state index contributed by atoms with van der Waals surface area (Å²) in [7, 11) is 0. The smallest absolute Gasteiger partial charge is 0.409 e. The molecule has 274 valence electrons. The Kier molecular flexibility index (Phi) is 10.5. The third kappa shape index (κ3) is 8.52. The number of rotatable bonds is 6. The molecule has 13 nitrogen and oxygen atoms in total. The number of ether oxygens (including phenoxy) is 2. The van der Waals surface area contributed by atoms with E-state index in [1.54, 1.807) is 24.3 Å². The van der Waals surface area contributed by atoms with Crippen LogP contribution in [0.5, 0.6) is 11.5 Å². The monoisotopic (exact) mass is 710 g/mol. The molecule has 2 aromatic carbocycles. The van der Waals surface area contributed by atoms with Gasteiger partial charge in [0.1, 0.15) is 41.5 Å². The van der Waals surface area contributed by atoms with E-state index < -0.39 is 53.2 Å². The van der Waals surface area contributed by atoms with Gasteiger partial charge >= 0.3 is 12.1 Å². The number of carbonyl (C=O) groups is 5. The Morgan fingerprint density at radius 1 is 1.08 bits per heavy atom. The van der Waals surface area contributed by atoms with Gasteiger partial charge in [0.2, 0.25) is 11.8 Å². The molecule has 5 atom stereocenters. The molecule has 1 aromatic heterocycles. The van der Waals surface area contributed by atoms with Gasteiger partial charge in [0.15, 0.2) is 0 Å². The molecule has 2 aliphatic heterocycles. The number of allylic oxidation sites excluding steroid dienone is 1. The molecule has 3 heterocycles. The molecule has 3 aromatic rings. The molecule has 3 aliphatic rings. The molecule has 1 saturated carbocycles. The van der Waals surface area contributed by atoms with Crippen LogP contribution >= 0.6 is 0 Å². The normalized spacial score (nSPS) is 25.7. The summed E-state index contributed by atoms with van der Waals surface area (Å²) in [5, 5.41) is 9.32. The van der Waals surface area contributed by atoms with Crippen molar-refractivity contribution in [3.63, 3.8) is 0 Å². The highest BCUT2D eigenvalue weighted by molar-refractivity contribution is 5.95. The number of primary amides is 1. The molecule has 5 N–H and O–H groups in total. The predicted molar refractivity (Wildman–Crippen MR) is 194 cm³/mol. The van der Waals surface area contributed by atoms with Crippen molar-refractivity contribution in [3.05, 3.63) is 66.7 Å². The van der Waals surface area contributed by atoms with Crippen LogP contribution in [0.15, 0.2) is 66.7 Å². The second-order valence-electron chi connectivity index (χ2n) is 14.9. The summed E-state index contributed by atoms with van der Waals surface area (Å²) < 4.78 is 11.8. The van der Waals surface area contributed by atoms with Gasteiger partial charge in [0.25, 0.3) is 0 Å². The number of carbonyl (C=O) groups excluding carboxylic acids is 5. The number of hydrogen-bond acceptors (Lipinski definition) is 8. The summed E-state index contributed by atoms with van der Waals surface area (Å²) in [6.45, 7) is 5.62. The topological polar surface area (TPSA) is 182 Å². The minimum atomic E-state index is -1.03. The maximum absolute atomic E-state index is 14.4. The van der Waals surface area contributed by atoms with Crippen LogP contribution in [0.4, 0.5) is 9.59 Å². The third-order valence-electron chi connectivity index (χ3n) is 9.62. The summed E-state index contributed by atoms with van der Waals surface area (Å²) in [6, 6.07) is 13.8. The standard InChI is InChI=1S/C39H46N6O7/c1-38(2,3)44-37(50)42-29-15-11-6-4-5-10-14-25-21-39(25,23-46)43-34(47)32-19-27(22-45(32)35(29)48)51-33-20-30(24-12-8-7-9-13-24)41-31-18-26(52-36(40)49)16-17-28(31)33/h7-10,12-14,16-18,20,23,25,27,29,32H,4-6,11,15,19,21-22H2,1-3H3,(H2,40,49)(H,43,47)(H2,42,44,50)/b14-10+. The lowest BCUT2D eigenvalue weighted by Gasteiger charge is -2.30. The van der Waals surface area contributed by atoms with E-state index in [0.29, 0.717) is 41.6 Å². The predicted octanol–water partition coefficient (Wildman–Crippen LogP) is 4.77. The highest BCUT2D eigenvalue weighted by Gasteiger charge is 2.56. The number of nitrogens with zero attached hydrogens (tertiary/aromatic N) is 2. The minimum Gasteiger partial charge on any atom is -0.488 e. The number of hydrogen-bond donors (Lipinski definition) is 4. The lowest BCUT2D eigenvalue weighted by molar-refractivity contribution is -0.140. The first-order valence-corrected chi connectivity index (χ1v) is 17.8. The minimum absolute atomic E-state index is 0.0563. The van der Waals surface area contributed by atoms with E-state index in [2.05, 4.69) is 22.0 Å². The summed E-state index contributed by atoms with van der Waals surface area (Å²) >= 11 is 0. The van der Waals surface area contributed by atoms with Crippen molar-refractivity contribution in [1.82, 2.24) is 25.8 Å². The Bertz CT molecular complexity index is 1880. The molecule has 2 fully saturated rings. The number of aromatic nitrogens is 1. The van der Waals surface area contributed by atoms with Crippen molar-refractivity contribution < 1.29 is 33.4 Å². The van der Waals surface area contributed by atoms with Gasteiger partial charge in [-0.25, -0.2) is 14.6 Å². The highest BCUT2D eigenvalue weighted by Crippen LogP contribution is 2.43. The van der Waals surface area contributed by atoms with Crippen molar-refractivity contribution in [2.45, 2.75) is 95.0 Å². The fourth-order valence-corrected chi connectivity index (χ4v) is 6.97. The quantitative estimate of drug-likeness (QED) is 0.209. The highest BCUT2D eigenvalue weighted by atomic mass is 16.5. The van der Waals surface area contributed by atoms with Gasteiger partial charge in [-0.2, -0.15) is 0 Å². The van der Waals surface area contributed by atoms with E-state index in [4.69, 9.17) is 20.2 Å². The maximum Gasteiger partial charge on any atom is 0.409 e. The SMILES string of the molecule is CC(C)(C)NC(=O)NC1CCCCC/C=C/C2CC2(C=O)NC(=O)C2CC(Oc3cc(-c4ccccc4)nc4cc(OC(N)=O)ccc34)CN2C1=O. The van der Waals surface area contributed by atoms with E-state index >= 15 is 0 Å². The summed E-state index contributed by atoms with van der Waals surface area (Å²) in [4.78, 5) is 71.6. The lowest BCUT2D eigenvalue weighted by Crippen LogP contribution is -2.57. The van der Waals surface area contributed by atoms with Crippen LogP contribution in [0, 0.1) is 5.92 Å². The molecule has 13 heteroatoms. The second kappa shape index (κ2) is 15.0. The van der Waals surface area contributed by atoms with Gasteiger partial charge in [-0.15, -0.1) is 0 Å². The molecule has 52 heavy (non-hydrogen) atoms. The van der Waals surface area contributed by atoms with Crippen molar-refractivity contribution in [2.24, 2.45) is 11.7 Å². The van der Waals surface area contributed by atoms with Crippen LogP contribution in [0.2, 0.25) is 0 Å². The van der Waals surface area contributed by atoms with Gasteiger partial charge in [-0.05, 0) is 58.6 Å². The van der Waals surface area contributed by atoms with Crippen LogP contribution in [0.1, 0.15) is 65.7 Å². The third-order valence-corrected chi connectivity index (χ3v) is 9.62. The zero-order valence-electron chi connectivity index (χ0n) is 29.7. The Morgan fingerprint density at radius 3 is 2.60 bits per heavy atom. The van der Waals surface area contributed by atoms with Gasteiger partial charge in [-0.1, -0.05) is 55.3 Å². The first-order valence-electron chi connectivity index (χ1n) is 17.8. The van der Waals surface area contributed by atoms with Crippen LogP contribution in [0.25, 0.3) is 22.2 Å². The van der Waals surface area contributed by atoms with E-state index in [1.165, 1.54) is 4.90 Å². The van der Waals surface area contributed by atoms with Crippen molar-refractivity contribution in [2.75, 3.05) is 6.54 Å². The Labute approximate surface area is 302 Å². The number of nitrogens with one attached hydrogen (secondary N) is 3. The summed E-state index contributed by atoms with van der Waals surface area (Å²) in [5.41, 5.74) is 5.59. The molecule has 6 rings (SSSR count). The molecular formula is C39H46N6O7. The first-order chi connectivity index (χ1) is 24.8. The van der Waals surface area contributed by atoms with Gasteiger partial charge in [0.05, 0.1) is 17.8 Å². The first kappa shape index (κ1) is 36.3. The van der Waals surface area contributed by atoms with Crippen LogP contribution in [-0.4, -0.2) is 75.9 Å². The Balaban J connectivity index is 1.34. The lowest BCUT2D eigenvalue weighted by atomic mass is 10.0. The molecule has 0 radical (unpaired) electrons. The second-order valence-corrected chi connectivity index (χ2v) is 14.9. The van der Waals surface area contributed by atoms with E-state index in [0.717, 1.165) is 31.1 Å². The number of fused-ring (bicyclic) bond motifs is 3. The number of nitrogens with two attached hydrogens (primary N) is 1. The fourth-order valence-electron chi connectivity index (χ4n) is 6.97. The largest absolute Gasteiger partial charge is 0.488 e. The Hall–Kier alpha value is -5.46.